The third-order valence-corrected chi connectivity index (χ3v) is 7.04. The van der Waals surface area contributed by atoms with Crippen molar-refractivity contribution >= 4 is 22.8 Å². The number of carbonyl (C=O) groups excluding carboxylic acids is 1. The second-order valence-electron chi connectivity index (χ2n) is 9.30. The van der Waals surface area contributed by atoms with Crippen molar-refractivity contribution < 1.29 is 9.53 Å². The Labute approximate surface area is 196 Å². The van der Waals surface area contributed by atoms with E-state index in [1.54, 1.807) is 13.1 Å². The first-order valence-electron chi connectivity index (χ1n) is 11.4. The molecular formula is C25H25N7O2. The Morgan fingerprint density at radius 3 is 2.62 bits per heavy atom. The summed E-state index contributed by atoms with van der Waals surface area (Å²) in [6.07, 6.45) is 6.13. The summed E-state index contributed by atoms with van der Waals surface area (Å²) in [7, 11) is 0. The number of nitrogens with two attached hydrogens (primary N) is 1. The summed E-state index contributed by atoms with van der Waals surface area (Å²) in [6, 6.07) is 13.5. The van der Waals surface area contributed by atoms with Crippen LogP contribution in [0.15, 0.2) is 55.0 Å². The number of ether oxygens (including phenoxy) is 1. The number of anilines is 1. The van der Waals surface area contributed by atoms with E-state index in [4.69, 9.17) is 15.6 Å². The maximum atomic E-state index is 11.8. The number of hydrogen-bond acceptors (Lipinski definition) is 7. The zero-order valence-electron chi connectivity index (χ0n) is 18.9. The third-order valence-electron chi connectivity index (χ3n) is 7.04. The average Bonchev–Trinajstić information content (AvgIpc) is 3.43. The first kappa shape index (κ1) is 20.6. The van der Waals surface area contributed by atoms with Crippen LogP contribution in [0, 0.1) is 5.41 Å². The van der Waals surface area contributed by atoms with Crippen LogP contribution in [-0.2, 0) is 4.79 Å². The van der Waals surface area contributed by atoms with Crippen LogP contribution < -0.4 is 10.5 Å². The number of amides is 1. The van der Waals surface area contributed by atoms with Crippen molar-refractivity contribution in [3.05, 3.63) is 55.0 Å². The number of fused-ring (bicyclic) bond motifs is 1. The van der Waals surface area contributed by atoms with E-state index < -0.39 is 0 Å². The molecule has 4 aromatic rings. The SMILES string of the molecule is CC(=O)N1CC[C@]2(C1)C[C@H](n1nc(-c3ccc(Oc4ccccc4)cn3)c3c(N)ncnc31)C2. The average molecular weight is 456 g/mol. The quantitative estimate of drug-likeness (QED) is 0.498. The number of para-hydroxylation sites is 1. The predicted octanol–water partition coefficient (Wildman–Crippen LogP) is 3.84. The molecule has 0 radical (unpaired) electrons. The van der Waals surface area contributed by atoms with Crippen molar-refractivity contribution in [2.75, 3.05) is 18.8 Å². The summed E-state index contributed by atoms with van der Waals surface area (Å²) in [5.41, 5.74) is 8.51. The van der Waals surface area contributed by atoms with E-state index in [1.807, 2.05) is 52.0 Å². The molecule has 2 fully saturated rings. The van der Waals surface area contributed by atoms with E-state index in [0.717, 1.165) is 43.7 Å². The van der Waals surface area contributed by atoms with Gasteiger partial charge in [-0.05, 0) is 48.9 Å². The lowest BCUT2D eigenvalue weighted by atomic mass is 9.65. The van der Waals surface area contributed by atoms with Gasteiger partial charge in [-0.3, -0.25) is 9.78 Å². The van der Waals surface area contributed by atoms with Crippen molar-refractivity contribution in [1.82, 2.24) is 29.6 Å². The van der Waals surface area contributed by atoms with Gasteiger partial charge in [-0.15, -0.1) is 0 Å². The van der Waals surface area contributed by atoms with E-state index in [0.29, 0.717) is 28.3 Å². The number of aromatic nitrogens is 5. The normalized spacial score (nSPS) is 21.7. The summed E-state index contributed by atoms with van der Waals surface area (Å²) in [5.74, 6) is 1.92. The van der Waals surface area contributed by atoms with Crippen LogP contribution in [0.1, 0.15) is 32.2 Å². The van der Waals surface area contributed by atoms with E-state index in [-0.39, 0.29) is 17.4 Å². The van der Waals surface area contributed by atoms with Crippen LogP contribution >= 0.6 is 0 Å². The molecule has 1 aromatic carbocycles. The molecule has 34 heavy (non-hydrogen) atoms. The fraction of sp³-hybridized carbons (Fsp3) is 0.320. The van der Waals surface area contributed by atoms with E-state index >= 15 is 0 Å². The highest BCUT2D eigenvalue weighted by Gasteiger charge is 2.50. The molecular weight excluding hydrogens is 430 g/mol. The maximum Gasteiger partial charge on any atom is 0.219 e. The van der Waals surface area contributed by atoms with Gasteiger partial charge in [-0.1, -0.05) is 18.2 Å². The van der Waals surface area contributed by atoms with Crippen molar-refractivity contribution in [3.63, 3.8) is 0 Å². The summed E-state index contributed by atoms with van der Waals surface area (Å²) in [4.78, 5) is 27.0. The van der Waals surface area contributed by atoms with E-state index in [9.17, 15) is 4.79 Å². The topological polar surface area (TPSA) is 112 Å². The lowest BCUT2D eigenvalue weighted by molar-refractivity contribution is -0.128. The van der Waals surface area contributed by atoms with E-state index in [1.165, 1.54) is 6.33 Å². The predicted molar refractivity (Wildman–Crippen MR) is 127 cm³/mol. The van der Waals surface area contributed by atoms with Gasteiger partial charge in [0.25, 0.3) is 0 Å². The molecule has 0 unspecified atom stereocenters. The number of nitrogens with zero attached hydrogens (tertiary/aromatic N) is 6. The zero-order valence-corrected chi connectivity index (χ0v) is 18.9. The second-order valence-corrected chi connectivity index (χ2v) is 9.30. The molecule has 9 nitrogen and oxygen atoms in total. The largest absolute Gasteiger partial charge is 0.456 e. The van der Waals surface area contributed by atoms with Crippen LogP contribution in [-0.4, -0.2) is 48.6 Å². The Morgan fingerprint density at radius 2 is 1.91 bits per heavy atom. The van der Waals surface area contributed by atoms with Crippen LogP contribution in [0.2, 0.25) is 0 Å². The first-order valence-corrected chi connectivity index (χ1v) is 11.4. The van der Waals surface area contributed by atoms with Gasteiger partial charge in [0.15, 0.2) is 5.65 Å². The van der Waals surface area contributed by atoms with Crippen molar-refractivity contribution in [1.29, 1.82) is 0 Å². The Kier molecular flexibility index (Phi) is 4.72. The Balaban J connectivity index is 1.29. The molecule has 1 aliphatic heterocycles. The minimum atomic E-state index is 0.151. The number of hydrogen-bond donors (Lipinski definition) is 1. The Bertz CT molecular complexity index is 1360. The molecule has 1 saturated carbocycles. The zero-order chi connectivity index (χ0) is 23.3. The standard InChI is InChI=1S/C25H25N7O2/c1-16(33)31-10-9-25(14-31)11-17(12-25)32-24-21(23(26)28-15-29-24)22(30-32)20-8-7-19(13-27-20)34-18-5-3-2-4-6-18/h2-8,13,15,17H,9-12,14H2,1H3,(H2,26,28,29)/t17-,25-. The summed E-state index contributed by atoms with van der Waals surface area (Å²) < 4.78 is 7.84. The number of benzene rings is 1. The molecule has 2 aliphatic rings. The first-order chi connectivity index (χ1) is 16.5. The smallest absolute Gasteiger partial charge is 0.219 e. The van der Waals surface area contributed by atoms with Crippen molar-refractivity contribution in [3.8, 4) is 22.9 Å². The molecule has 4 heterocycles. The van der Waals surface area contributed by atoms with Gasteiger partial charge in [0.05, 0.1) is 23.3 Å². The van der Waals surface area contributed by atoms with Gasteiger partial charge in [-0.25, -0.2) is 14.6 Å². The molecule has 2 N–H and O–H groups in total. The molecule has 0 atom stereocenters. The van der Waals surface area contributed by atoms with Gasteiger partial charge in [-0.2, -0.15) is 5.10 Å². The minimum absolute atomic E-state index is 0.151. The number of nitrogen functional groups attached to an aromatic ring is 1. The number of carbonyl (C=O) groups is 1. The van der Waals surface area contributed by atoms with Crippen LogP contribution in [0.5, 0.6) is 11.5 Å². The Morgan fingerprint density at radius 1 is 1.09 bits per heavy atom. The van der Waals surface area contributed by atoms with Crippen LogP contribution in [0.4, 0.5) is 5.82 Å². The molecule has 1 amide bonds. The highest BCUT2D eigenvalue weighted by atomic mass is 16.5. The van der Waals surface area contributed by atoms with E-state index in [2.05, 4.69) is 15.0 Å². The van der Waals surface area contributed by atoms with Gasteiger partial charge in [0.1, 0.15) is 29.3 Å². The van der Waals surface area contributed by atoms with Gasteiger partial charge in [0, 0.05) is 20.0 Å². The highest BCUT2D eigenvalue weighted by molar-refractivity contribution is 5.97. The fourth-order valence-electron chi connectivity index (χ4n) is 5.28. The molecule has 6 rings (SSSR count). The van der Waals surface area contributed by atoms with Gasteiger partial charge < -0.3 is 15.4 Å². The Hall–Kier alpha value is -4.01. The lowest BCUT2D eigenvalue weighted by Gasteiger charge is -2.45. The summed E-state index contributed by atoms with van der Waals surface area (Å²) >= 11 is 0. The number of rotatable bonds is 4. The van der Waals surface area contributed by atoms with Crippen molar-refractivity contribution in [2.45, 2.75) is 32.2 Å². The minimum Gasteiger partial charge on any atom is -0.456 e. The van der Waals surface area contributed by atoms with Gasteiger partial charge >= 0.3 is 0 Å². The van der Waals surface area contributed by atoms with Crippen molar-refractivity contribution in [2.24, 2.45) is 5.41 Å². The third kappa shape index (κ3) is 3.44. The van der Waals surface area contributed by atoms with Gasteiger partial charge in [0.2, 0.25) is 5.91 Å². The van der Waals surface area contributed by atoms with Crippen LogP contribution in [0.25, 0.3) is 22.4 Å². The monoisotopic (exact) mass is 455 g/mol. The number of pyridine rings is 1. The maximum absolute atomic E-state index is 11.8. The van der Waals surface area contributed by atoms with Crippen LogP contribution in [0.3, 0.4) is 0 Å². The second kappa shape index (κ2) is 7.79. The highest BCUT2D eigenvalue weighted by Crippen LogP contribution is 2.54. The molecule has 1 aliphatic carbocycles. The fourth-order valence-corrected chi connectivity index (χ4v) is 5.28. The molecule has 0 bridgehead atoms. The summed E-state index contributed by atoms with van der Waals surface area (Å²) in [6.45, 7) is 3.31. The molecule has 172 valence electrons. The summed E-state index contributed by atoms with van der Waals surface area (Å²) in [5, 5.41) is 5.63. The number of likely N-dealkylation sites (tertiary alicyclic amines) is 1. The molecule has 9 heteroatoms. The molecule has 1 saturated heterocycles. The molecule has 3 aromatic heterocycles. The molecule has 1 spiro atoms. The lowest BCUT2D eigenvalue weighted by Crippen LogP contribution is -2.41.